The molecule has 15 heteroatoms. The molecule has 9 nitrogen and oxygen atoms in total. The molecule has 0 amide bonds. The van der Waals surface area contributed by atoms with Crippen LogP contribution in [0.1, 0.15) is 54.1 Å². The summed E-state index contributed by atoms with van der Waals surface area (Å²) in [6, 6.07) is 0. The van der Waals surface area contributed by atoms with Gasteiger partial charge in [0.05, 0.1) is 6.20 Å². The molecular weight excluding hydrogens is 913 g/mol. The van der Waals surface area contributed by atoms with Gasteiger partial charge in [-0.15, -0.1) is 4.68 Å². The third kappa shape index (κ3) is 14.2. The zero-order chi connectivity index (χ0) is 26.7. The summed E-state index contributed by atoms with van der Waals surface area (Å²) in [5, 5.41) is 4.33. The first-order valence-electron chi connectivity index (χ1n) is 10.5. The predicted octanol–water partition coefficient (Wildman–Crippen LogP) is 4.16. The first kappa shape index (κ1) is 32.9. The van der Waals surface area contributed by atoms with Crippen molar-refractivity contribution in [3.8, 4) is 0 Å². The molecule has 3 rings (SSSR count). The van der Waals surface area contributed by atoms with Gasteiger partial charge in [-0.3, -0.25) is 11.6 Å². The van der Waals surface area contributed by atoms with Crippen LogP contribution in [0.2, 0.25) is 0 Å². The van der Waals surface area contributed by atoms with Crippen LogP contribution >= 0.6 is 63.7 Å². The maximum Gasteiger partial charge on any atom is 0.329 e. The van der Waals surface area contributed by atoms with Crippen LogP contribution < -0.4 is 16.3 Å². The summed E-state index contributed by atoms with van der Waals surface area (Å²) in [6.07, 6.45) is 7.92. The molecule has 3 aromatic rings. The van der Waals surface area contributed by atoms with Gasteiger partial charge in [0.2, 0.25) is 0 Å². The Bertz CT molecular complexity index is 968. The minimum absolute atomic E-state index is 0. The van der Waals surface area contributed by atoms with Gasteiger partial charge in [-0.05, 0) is 77.9 Å². The summed E-state index contributed by atoms with van der Waals surface area (Å²) >= 11 is 12.9. The number of hydrogen-bond donors (Lipinski definition) is 2. The molecule has 0 saturated heterocycles. The molecule has 0 unspecified atom stereocenters. The molecule has 0 aromatic carbocycles. The number of anilines is 1. The van der Waals surface area contributed by atoms with Crippen LogP contribution in [0.4, 0.5) is 5.82 Å². The number of aryl methyl sites for hydroxylation is 1. The zero-order valence-electron chi connectivity index (χ0n) is 20.6. The predicted molar refractivity (Wildman–Crippen MR) is 144 cm³/mol. The molecule has 0 atom stereocenters. The fourth-order valence-corrected chi connectivity index (χ4v) is 3.89. The van der Waals surface area contributed by atoms with Crippen LogP contribution in [0.5, 0.6) is 0 Å². The number of fused-ring (bicyclic) bond motifs is 1. The van der Waals surface area contributed by atoms with Crippen LogP contribution in [0.25, 0.3) is 5.65 Å². The largest absolute Gasteiger partial charge is 0.329 e. The molecule has 3 heterocycles. The number of hydrogen-bond acceptors (Lipinski definition) is 7. The topological polar surface area (TPSA) is 129 Å². The molecule has 0 aliphatic rings. The van der Waals surface area contributed by atoms with Crippen LogP contribution in [-0.4, -0.2) is 40.6 Å². The minimum atomic E-state index is 0. The van der Waals surface area contributed by atoms with Gasteiger partial charge in [0.1, 0.15) is 15.5 Å². The van der Waals surface area contributed by atoms with Gasteiger partial charge >= 0.3 is 5.82 Å². The number of aromatic nitrogens is 6. The zero-order valence-corrected chi connectivity index (χ0v) is 29.1. The van der Waals surface area contributed by atoms with E-state index in [4.69, 9.17) is 14.3 Å². The second kappa shape index (κ2) is 21.2. The van der Waals surface area contributed by atoms with E-state index in [0.29, 0.717) is 32.9 Å². The summed E-state index contributed by atoms with van der Waals surface area (Å²) in [7, 11) is 3.75. The Morgan fingerprint density at radius 1 is 1.15 bits per heavy atom. The maximum absolute atomic E-state index is 9.40. The van der Waals surface area contributed by atoms with Crippen molar-refractivity contribution < 1.29 is 42.0 Å². The number of halogens is 4. The van der Waals surface area contributed by atoms with E-state index in [0.717, 1.165) is 41.6 Å². The van der Waals surface area contributed by atoms with E-state index in [1.807, 2.05) is 6.92 Å². The molecule has 0 aliphatic heterocycles. The molecule has 0 bridgehead atoms. The van der Waals surface area contributed by atoms with Crippen molar-refractivity contribution in [2.75, 3.05) is 11.6 Å². The average molecular weight is 943 g/mol. The van der Waals surface area contributed by atoms with Crippen molar-refractivity contribution in [3.63, 3.8) is 0 Å². The number of carbonyl (C=O) groups is 1. The molecule has 2 radical (unpaired) electrons. The monoisotopic (exact) mass is 939 g/mol. The molecule has 180 valence electrons. The third-order valence-electron chi connectivity index (χ3n) is 3.11. The minimum Gasteiger partial charge on any atom is -0.303 e. The first-order chi connectivity index (χ1) is 16.1. The van der Waals surface area contributed by atoms with Gasteiger partial charge < -0.3 is 4.79 Å². The molecule has 33 heavy (non-hydrogen) atoms. The van der Waals surface area contributed by atoms with Gasteiger partial charge in [-0.1, -0.05) is 27.7 Å². The SMILES string of the molecule is CCCC=O.CCCc1nc2c(Br)nc(Br)cn2n1.Nc1c(Br)nc(Br)c[n+]1N.[2H]CC.[2H][B].[U]. The molecule has 0 fully saturated rings. The summed E-state index contributed by atoms with van der Waals surface area (Å²) in [4.78, 5) is 21.9. The second-order valence-electron chi connectivity index (χ2n) is 5.50. The van der Waals surface area contributed by atoms with Gasteiger partial charge in [0.25, 0.3) is 0 Å². The summed E-state index contributed by atoms with van der Waals surface area (Å²) in [5.41, 5.74) is 6.22. The van der Waals surface area contributed by atoms with E-state index >= 15 is 0 Å². The van der Waals surface area contributed by atoms with E-state index in [1.54, 1.807) is 23.8 Å². The van der Waals surface area contributed by atoms with Crippen molar-refractivity contribution >= 4 is 89.8 Å². The fraction of sp³-hybridized carbons (Fsp3) is 0.444. The summed E-state index contributed by atoms with van der Waals surface area (Å²) in [5.74, 6) is 6.66. The molecular formula is C18H28BBr4N8OU+. The smallest absolute Gasteiger partial charge is 0.303 e. The Balaban J connectivity index is -0.000000429. The van der Waals surface area contributed by atoms with Gasteiger partial charge in [0, 0.05) is 53.7 Å². The Morgan fingerprint density at radius 3 is 2.18 bits per heavy atom. The number of carbonyl (C=O) groups excluding carboxylic acids is 1. The quantitative estimate of drug-likeness (QED) is 0.174. The van der Waals surface area contributed by atoms with E-state index in [-0.39, 0.29) is 31.1 Å². The van der Waals surface area contributed by atoms with Crippen molar-refractivity contribution in [3.05, 3.63) is 36.6 Å². The summed E-state index contributed by atoms with van der Waals surface area (Å²) < 4.78 is 17.1. The Labute approximate surface area is 256 Å². The molecule has 0 saturated carbocycles. The van der Waals surface area contributed by atoms with Gasteiger partial charge in [-0.2, -0.15) is 5.10 Å². The van der Waals surface area contributed by atoms with E-state index in [9.17, 15) is 4.79 Å². The van der Waals surface area contributed by atoms with Crippen molar-refractivity contribution in [2.45, 2.75) is 53.4 Å². The average Bonchev–Trinajstić information content (AvgIpc) is 3.18. The summed E-state index contributed by atoms with van der Waals surface area (Å²) in [6.45, 7) is 6.38. The fourth-order valence-electron chi connectivity index (χ4n) is 1.79. The van der Waals surface area contributed by atoms with Crippen LogP contribution in [-0.2, 0) is 11.2 Å². The van der Waals surface area contributed by atoms with E-state index in [1.165, 1.54) is 4.68 Å². The second-order valence-corrected chi connectivity index (χ2v) is 8.63. The maximum atomic E-state index is 9.40. The van der Waals surface area contributed by atoms with Crippen LogP contribution in [0, 0.1) is 31.1 Å². The van der Waals surface area contributed by atoms with Crippen molar-refractivity contribution in [1.29, 1.82) is 1.34 Å². The van der Waals surface area contributed by atoms with E-state index < -0.39 is 0 Å². The molecule has 0 spiro atoms. The van der Waals surface area contributed by atoms with Crippen molar-refractivity contribution in [1.82, 2.24) is 24.6 Å². The standard InChI is InChI=1S/C8H8Br2N4.C4H4Br2N4.C4H8O.C2H6.BH.U/c1-2-3-6-12-8-7(10)11-5(9)4-14(8)13-6;5-2-1-10(8)4(7)3(6)9-2;1-2-3-4-5;1-2;;/h4H,2-3H2,1H3;1,7H,8H2;4H,2-3H2,1H3;1-2H3;1H;/p+1/i;;;2*1D;. The molecule has 3 aromatic heterocycles. The Morgan fingerprint density at radius 2 is 1.73 bits per heavy atom. The normalized spacial score (nSPS) is 9.55. The number of nitrogens with two attached hydrogens (primary N) is 2. The molecule has 4 N–H and O–H groups in total. The van der Waals surface area contributed by atoms with Gasteiger partial charge in [0.15, 0.2) is 26.9 Å². The van der Waals surface area contributed by atoms with Crippen molar-refractivity contribution in [2.24, 2.45) is 0 Å². The number of nitrogens with zero attached hydrogens (tertiary/aromatic N) is 6. The first-order valence-corrected chi connectivity index (χ1v) is 12.4. The molecule has 0 aliphatic carbocycles. The van der Waals surface area contributed by atoms with Gasteiger partial charge in [-0.25, -0.2) is 19.5 Å². The third-order valence-corrected chi connectivity index (χ3v) is 4.99. The number of nitrogen functional groups attached to an aromatic ring is 2. The Kier molecular flexibility index (Phi) is 21.2. The number of rotatable bonds is 4. The van der Waals surface area contributed by atoms with Crippen LogP contribution in [0.15, 0.2) is 30.8 Å². The Hall–Kier alpha value is -0.0631. The van der Waals surface area contributed by atoms with E-state index in [2.05, 4.69) is 99.1 Å². The number of unbranched alkanes of at least 4 members (excludes halogenated alkanes) is 1. The van der Waals surface area contributed by atoms with Crippen LogP contribution in [0.3, 0.4) is 0 Å². The number of aldehydes is 1.